The van der Waals surface area contributed by atoms with Gasteiger partial charge in [0.05, 0.1) is 12.2 Å². The highest BCUT2D eigenvalue weighted by molar-refractivity contribution is 6.45. The fraction of sp³-hybridized carbons (Fsp3) is 1.00. The van der Waals surface area contributed by atoms with Gasteiger partial charge in [0.2, 0.25) is 0 Å². The van der Waals surface area contributed by atoms with Crippen LogP contribution in [0.4, 0.5) is 0 Å². The molecule has 2 atom stereocenters. The topological polar surface area (TPSA) is 18.5 Å². The predicted molar refractivity (Wildman–Crippen MR) is 46.6 cm³/mol. The third-order valence-corrected chi connectivity index (χ3v) is 2.19. The summed E-state index contributed by atoms with van der Waals surface area (Å²) in [6, 6.07) is 0. The summed E-state index contributed by atoms with van der Waals surface area (Å²) in [6.45, 7) is 6.31. The molecule has 0 aromatic heterocycles. The monoisotopic (exact) mass is 156 g/mol. The lowest BCUT2D eigenvalue weighted by Crippen LogP contribution is -2.14. The van der Waals surface area contributed by atoms with Gasteiger partial charge in [0.15, 0.2) is 0 Å². The molecule has 0 aromatic carbocycles. The second-order valence-corrected chi connectivity index (χ2v) is 3.25. The van der Waals surface area contributed by atoms with E-state index in [1.165, 1.54) is 12.8 Å². The minimum absolute atomic E-state index is 0.0694. The van der Waals surface area contributed by atoms with Crippen molar-refractivity contribution in [2.75, 3.05) is 0 Å². The van der Waals surface area contributed by atoms with E-state index in [-0.39, 0.29) is 19.3 Å². The van der Waals surface area contributed by atoms with Crippen molar-refractivity contribution >= 4 is 7.12 Å². The van der Waals surface area contributed by atoms with E-state index in [1.54, 1.807) is 0 Å². The van der Waals surface area contributed by atoms with E-state index in [4.69, 9.17) is 9.31 Å². The summed E-state index contributed by atoms with van der Waals surface area (Å²) in [5, 5.41) is 0. The molecule has 0 spiro atoms. The summed E-state index contributed by atoms with van der Waals surface area (Å²) >= 11 is 0. The Morgan fingerprint density at radius 2 is 1.73 bits per heavy atom. The van der Waals surface area contributed by atoms with Gasteiger partial charge in [0, 0.05) is 0 Å². The Morgan fingerprint density at radius 1 is 1.18 bits per heavy atom. The van der Waals surface area contributed by atoms with Gasteiger partial charge in [-0.1, -0.05) is 19.8 Å². The number of hydrogen-bond acceptors (Lipinski definition) is 2. The van der Waals surface area contributed by atoms with Gasteiger partial charge >= 0.3 is 7.12 Å². The van der Waals surface area contributed by atoms with Gasteiger partial charge in [0.1, 0.15) is 0 Å². The Balaban J connectivity index is 2.18. The third-order valence-electron chi connectivity index (χ3n) is 2.19. The minimum atomic E-state index is 0.0694. The fourth-order valence-corrected chi connectivity index (χ4v) is 1.24. The summed E-state index contributed by atoms with van der Waals surface area (Å²) < 4.78 is 11.1. The van der Waals surface area contributed by atoms with Gasteiger partial charge in [-0.2, -0.15) is 0 Å². The Labute approximate surface area is 69.4 Å². The molecule has 1 saturated heterocycles. The molecule has 1 aliphatic rings. The molecule has 1 rings (SSSR count). The summed E-state index contributed by atoms with van der Waals surface area (Å²) in [7, 11) is 0.0694. The van der Waals surface area contributed by atoms with Crippen LogP contribution in [0, 0.1) is 0 Å². The molecule has 0 aromatic rings. The van der Waals surface area contributed by atoms with Crippen molar-refractivity contribution in [1.82, 2.24) is 0 Å². The molecule has 64 valence electrons. The van der Waals surface area contributed by atoms with E-state index < -0.39 is 0 Å². The number of hydrogen-bond donors (Lipinski definition) is 0. The summed E-state index contributed by atoms with van der Waals surface area (Å²) in [5.74, 6) is 0. The molecule has 0 bridgehead atoms. The van der Waals surface area contributed by atoms with Crippen molar-refractivity contribution in [3.05, 3.63) is 0 Å². The Kier molecular flexibility index (Phi) is 3.40. The van der Waals surface area contributed by atoms with Crippen LogP contribution in [0.15, 0.2) is 0 Å². The molecule has 3 heteroatoms. The maximum Gasteiger partial charge on any atom is 0.457 e. The molecule has 1 aliphatic heterocycles. The number of rotatable bonds is 3. The van der Waals surface area contributed by atoms with Gasteiger partial charge in [0.25, 0.3) is 0 Å². The second kappa shape index (κ2) is 4.12. The van der Waals surface area contributed by atoms with Crippen LogP contribution >= 0.6 is 0 Å². The summed E-state index contributed by atoms with van der Waals surface area (Å²) in [6.07, 6.45) is 4.01. The van der Waals surface area contributed by atoms with Crippen molar-refractivity contribution in [3.8, 4) is 0 Å². The van der Waals surface area contributed by atoms with Crippen molar-refractivity contribution in [1.29, 1.82) is 0 Å². The van der Waals surface area contributed by atoms with E-state index in [0.29, 0.717) is 0 Å². The van der Waals surface area contributed by atoms with Gasteiger partial charge in [-0.15, -0.1) is 0 Å². The normalized spacial score (nSPS) is 31.4. The molecule has 0 amide bonds. The van der Waals surface area contributed by atoms with Crippen LogP contribution in [0.3, 0.4) is 0 Å². The molecule has 1 heterocycles. The molecule has 0 saturated carbocycles. The standard InChI is InChI=1S/C8H17BO2/c1-4-5-6-9-10-7(2)8(3)11-9/h7-8H,4-6H2,1-3H3. The summed E-state index contributed by atoms with van der Waals surface area (Å²) in [5.41, 5.74) is 0. The first-order valence-electron chi connectivity index (χ1n) is 4.55. The SMILES string of the molecule is CCCCB1OC(C)C(C)O1. The minimum Gasteiger partial charge on any atom is -0.406 e. The lowest BCUT2D eigenvalue weighted by molar-refractivity contribution is 0.187. The maximum absolute atomic E-state index is 5.55. The highest BCUT2D eigenvalue weighted by atomic mass is 16.6. The zero-order valence-corrected chi connectivity index (χ0v) is 7.67. The van der Waals surface area contributed by atoms with Crippen molar-refractivity contribution in [2.24, 2.45) is 0 Å². The lowest BCUT2D eigenvalue weighted by Gasteiger charge is -2.04. The van der Waals surface area contributed by atoms with Crippen LogP contribution in [-0.4, -0.2) is 19.3 Å². The zero-order chi connectivity index (χ0) is 8.27. The van der Waals surface area contributed by atoms with Crippen molar-refractivity contribution < 1.29 is 9.31 Å². The van der Waals surface area contributed by atoms with Crippen LogP contribution < -0.4 is 0 Å². The first-order chi connectivity index (χ1) is 5.24. The van der Waals surface area contributed by atoms with Crippen LogP contribution in [0.2, 0.25) is 6.32 Å². The fourth-order valence-electron chi connectivity index (χ4n) is 1.24. The average molecular weight is 156 g/mol. The lowest BCUT2D eigenvalue weighted by atomic mass is 9.83. The van der Waals surface area contributed by atoms with E-state index in [2.05, 4.69) is 20.8 Å². The molecular weight excluding hydrogens is 139 g/mol. The maximum atomic E-state index is 5.55. The van der Waals surface area contributed by atoms with Gasteiger partial charge in [-0.05, 0) is 20.2 Å². The smallest absolute Gasteiger partial charge is 0.406 e. The molecule has 0 aliphatic carbocycles. The Morgan fingerprint density at radius 3 is 2.18 bits per heavy atom. The second-order valence-electron chi connectivity index (χ2n) is 3.25. The summed E-state index contributed by atoms with van der Waals surface area (Å²) in [4.78, 5) is 0. The van der Waals surface area contributed by atoms with Gasteiger partial charge in [-0.3, -0.25) is 0 Å². The molecule has 2 nitrogen and oxygen atoms in total. The third kappa shape index (κ3) is 2.49. The highest BCUT2D eigenvalue weighted by Crippen LogP contribution is 2.19. The molecule has 1 fully saturated rings. The molecule has 2 unspecified atom stereocenters. The number of unbranched alkanes of at least 4 members (excludes halogenated alkanes) is 1. The highest BCUT2D eigenvalue weighted by Gasteiger charge is 2.33. The Bertz CT molecular complexity index is 109. The molecule has 11 heavy (non-hydrogen) atoms. The largest absolute Gasteiger partial charge is 0.457 e. The van der Waals surface area contributed by atoms with Crippen molar-refractivity contribution in [3.63, 3.8) is 0 Å². The van der Waals surface area contributed by atoms with Gasteiger partial charge in [-0.25, -0.2) is 0 Å². The molecular formula is C8H17BO2. The van der Waals surface area contributed by atoms with Gasteiger partial charge < -0.3 is 9.31 Å². The van der Waals surface area contributed by atoms with Crippen LogP contribution in [0.5, 0.6) is 0 Å². The van der Waals surface area contributed by atoms with E-state index in [9.17, 15) is 0 Å². The Hall–Kier alpha value is -0.0151. The molecule has 0 N–H and O–H groups in total. The van der Waals surface area contributed by atoms with E-state index in [1.807, 2.05) is 0 Å². The van der Waals surface area contributed by atoms with E-state index >= 15 is 0 Å². The predicted octanol–water partition coefficient (Wildman–Crippen LogP) is 2.10. The van der Waals surface area contributed by atoms with Crippen molar-refractivity contribution in [2.45, 2.75) is 52.1 Å². The first-order valence-corrected chi connectivity index (χ1v) is 4.55. The quantitative estimate of drug-likeness (QED) is 0.582. The van der Waals surface area contributed by atoms with Crippen LogP contribution in [0.1, 0.15) is 33.6 Å². The zero-order valence-electron chi connectivity index (χ0n) is 7.67. The first kappa shape index (κ1) is 9.08. The molecule has 0 radical (unpaired) electrons. The van der Waals surface area contributed by atoms with Crippen LogP contribution in [0.25, 0.3) is 0 Å². The average Bonchev–Trinajstić information content (AvgIpc) is 2.28. The van der Waals surface area contributed by atoms with E-state index in [0.717, 1.165) is 6.32 Å². The van der Waals surface area contributed by atoms with Crippen LogP contribution in [-0.2, 0) is 9.31 Å².